The van der Waals surface area contributed by atoms with Crippen molar-refractivity contribution >= 4 is 17.4 Å². The molecule has 0 spiro atoms. The Morgan fingerprint density at radius 3 is 2.50 bits per heavy atom. The summed E-state index contributed by atoms with van der Waals surface area (Å²) in [5, 5.41) is 3.91. The normalized spacial score (nSPS) is 22.4. The molecule has 5 rings (SSSR count). The van der Waals surface area contributed by atoms with Crippen LogP contribution in [0.4, 0.5) is 5.69 Å². The summed E-state index contributed by atoms with van der Waals surface area (Å²) < 4.78 is 0. The maximum absolute atomic E-state index is 3.91. The van der Waals surface area contributed by atoms with Crippen LogP contribution >= 0.6 is 11.8 Å². The molecular weight excluding hydrogens is 358 g/mol. The summed E-state index contributed by atoms with van der Waals surface area (Å²) in [7, 11) is 0. The predicted octanol–water partition coefficient (Wildman–Crippen LogP) is 7.11. The van der Waals surface area contributed by atoms with E-state index < -0.39 is 0 Å². The highest BCUT2D eigenvalue weighted by Crippen LogP contribution is 2.51. The molecule has 28 heavy (non-hydrogen) atoms. The number of allylic oxidation sites excluding steroid dienone is 2. The minimum Gasteiger partial charge on any atom is -0.377 e. The Labute approximate surface area is 171 Å². The van der Waals surface area contributed by atoms with E-state index in [0.717, 1.165) is 12.2 Å². The minimum atomic E-state index is 0.386. The molecule has 3 aromatic carbocycles. The summed E-state index contributed by atoms with van der Waals surface area (Å²) in [6.07, 6.45) is 5.97. The van der Waals surface area contributed by atoms with Gasteiger partial charge in [0.2, 0.25) is 0 Å². The van der Waals surface area contributed by atoms with Crippen molar-refractivity contribution in [3.8, 4) is 0 Å². The molecule has 0 saturated carbocycles. The first-order valence-electron chi connectivity index (χ1n) is 10.1. The number of aryl methyl sites for hydroxylation is 1. The molecule has 0 unspecified atom stereocenters. The van der Waals surface area contributed by atoms with Gasteiger partial charge in [-0.2, -0.15) is 0 Å². The van der Waals surface area contributed by atoms with Gasteiger partial charge in [-0.25, -0.2) is 0 Å². The van der Waals surface area contributed by atoms with Crippen LogP contribution in [0.1, 0.15) is 40.6 Å². The van der Waals surface area contributed by atoms with E-state index in [9.17, 15) is 0 Å². The molecule has 140 valence electrons. The van der Waals surface area contributed by atoms with Gasteiger partial charge in [-0.15, -0.1) is 11.8 Å². The molecule has 0 amide bonds. The standard InChI is InChI=1S/C26H25NS/c1-18-15-19(17-28-21-11-6-3-7-12-21)16-24-22-13-8-14-23(22)26(27-25(18)24)20-9-4-2-5-10-20/h2-13,15-16,22-23,26-27H,14,17H2,1H3/t22-,23-,26-/m1/s1. The summed E-state index contributed by atoms with van der Waals surface area (Å²) in [5.41, 5.74) is 7.00. The zero-order valence-corrected chi connectivity index (χ0v) is 17.0. The monoisotopic (exact) mass is 383 g/mol. The third-order valence-electron chi connectivity index (χ3n) is 6.03. The van der Waals surface area contributed by atoms with Crippen molar-refractivity contribution in [1.82, 2.24) is 0 Å². The number of benzene rings is 3. The van der Waals surface area contributed by atoms with Crippen molar-refractivity contribution in [3.63, 3.8) is 0 Å². The number of anilines is 1. The molecule has 1 aliphatic carbocycles. The molecule has 1 N–H and O–H groups in total. The Bertz CT molecular complexity index is 994. The maximum Gasteiger partial charge on any atom is 0.0554 e. The van der Waals surface area contributed by atoms with E-state index in [2.05, 4.69) is 97.2 Å². The summed E-state index contributed by atoms with van der Waals surface area (Å²) in [4.78, 5) is 1.33. The van der Waals surface area contributed by atoms with E-state index in [0.29, 0.717) is 17.9 Å². The molecule has 1 heterocycles. The van der Waals surface area contributed by atoms with Gasteiger partial charge >= 0.3 is 0 Å². The van der Waals surface area contributed by atoms with Crippen molar-refractivity contribution in [2.75, 3.05) is 5.32 Å². The largest absolute Gasteiger partial charge is 0.377 e. The van der Waals surface area contributed by atoms with Gasteiger partial charge in [0.15, 0.2) is 0 Å². The van der Waals surface area contributed by atoms with Gasteiger partial charge in [0.05, 0.1) is 6.04 Å². The van der Waals surface area contributed by atoms with Crippen molar-refractivity contribution in [2.45, 2.75) is 36.0 Å². The van der Waals surface area contributed by atoms with E-state index >= 15 is 0 Å². The second-order valence-electron chi connectivity index (χ2n) is 7.86. The average Bonchev–Trinajstić information content (AvgIpc) is 3.24. The van der Waals surface area contributed by atoms with Crippen LogP contribution < -0.4 is 5.32 Å². The first-order valence-corrected chi connectivity index (χ1v) is 11.1. The fraction of sp³-hybridized carbons (Fsp3) is 0.231. The van der Waals surface area contributed by atoms with Crippen molar-refractivity contribution in [1.29, 1.82) is 0 Å². The lowest BCUT2D eigenvalue weighted by Gasteiger charge is -2.38. The van der Waals surface area contributed by atoms with Crippen LogP contribution in [0.25, 0.3) is 0 Å². The highest BCUT2D eigenvalue weighted by molar-refractivity contribution is 7.98. The molecular formula is C26H25NS. The molecule has 2 heteroatoms. The number of rotatable bonds is 4. The first-order chi connectivity index (χ1) is 13.8. The van der Waals surface area contributed by atoms with Gasteiger partial charge in [-0.05, 0) is 53.6 Å². The van der Waals surface area contributed by atoms with Crippen LogP contribution in [0.5, 0.6) is 0 Å². The van der Waals surface area contributed by atoms with Crippen LogP contribution in [0, 0.1) is 12.8 Å². The molecule has 0 bridgehead atoms. The molecule has 2 aliphatic rings. The Morgan fingerprint density at radius 2 is 1.71 bits per heavy atom. The first kappa shape index (κ1) is 17.6. The Hall–Kier alpha value is -2.45. The number of hydrogen-bond donors (Lipinski definition) is 1. The van der Waals surface area contributed by atoms with Gasteiger partial charge < -0.3 is 5.32 Å². The molecule has 1 nitrogen and oxygen atoms in total. The lowest BCUT2D eigenvalue weighted by molar-refractivity contribution is 0.425. The maximum atomic E-state index is 3.91. The molecule has 1 aliphatic heterocycles. The fourth-order valence-corrected chi connectivity index (χ4v) is 5.57. The number of fused-ring (bicyclic) bond motifs is 3. The zero-order chi connectivity index (χ0) is 18.9. The smallest absolute Gasteiger partial charge is 0.0554 e. The van der Waals surface area contributed by atoms with Gasteiger partial charge in [0, 0.05) is 22.3 Å². The molecule has 0 aromatic heterocycles. The van der Waals surface area contributed by atoms with E-state index in [-0.39, 0.29) is 0 Å². The van der Waals surface area contributed by atoms with Crippen molar-refractivity contribution in [2.24, 2.45) is 5.92 Å². The summed E-state index contributed by atoms with van der Waals surface area (Å²) in [5.74, 6) is 2.13. The van der Waals surface area contributed by atoms with Crippen LogP contribution in [0.15, 0.2) is 89.8 Å². The third-order valence-corrected chi connectivity index (χ3v) is 7.12. The lowest BCUT2D eigenvalue weighted by Crippen LogP contribution is -2.29. The fourth-order valence-electron chi connectivity index (χ4n) is 4.72. The highest BCUT2D eigenvalue weighted by atomic mass is 32.2. The predicted molar refractivity (Wildman–Crippen MR) is 120 cm³/mol. The third kappa shape index (κ3) is 3.27. The molecule has 0 fully saturated rings. The second kappa shape index (κ2) is 7.52. The van der Waals surface area contributed by atoms with E-state index in [1.54, 1.807) is 0 Å². The van der Waals surface area contributed by atoms with E-state index in [1.807, 2.05) is 11.8 Å². The SMILES string of the molecule is Cc1cc(CSc2ccccc2)cc2c1N[C@H](c1ccccc1)[C@@H]1CC=C[C@@H]21. The molecule has 0 saturated heterocycles. The quantitative estimate of drug-likeness (QED) is 0.380. The lowest BCUT2D eigenvalue weighted by atomic mass is 9.76. The molecule has 0 radical (unpaired) electrons. The number of hydrogen-bond acceptors (Lipinski definition) is 2. The summed E-state index contributed by atoms with van der Waals surface area (Å²) in [6.45, 7) is 2.25. The second-order valence-corrected chi connectivity index (χ2v) is 8.91. The summed E-state index contributed by atoms with van der Waals surface area (Å²) in [6, 6.07) is 26.8. The summed E-state index contributed by atoms with van der Waals surface area (Å²) >= 11 is 1.92. The Morgan fingerprint density at radius 1 is 0.964 bits per heavy atom. The highest BCUT2D eigenvalue weighted by Gasteiger charge is 2.38. The van der Waals surface area contributed by atoms with Gasteiger partial charge in [-0.1, -0.05) is 72.8 Å². The van der Waals surface area contributed by atoms with Crippen molar-refractivity contribution < 1.29 is 0 Å². The van der Waals surface area contributed by atoms with Crippen LogP contribution in [0.2, 0.25) is 0 Å². The van der Waals surface area contributed by atoms with Crippen LogP contribution in [-0.2, 0) is 5.75 Å². The van der Waals surface area contributed by atoms with Crippen LogP contribution in [0.3, 0.4) is 0 Å². The van der Waals surface area contributed by atoms with Gasteiger partial charge in [-0.3, -0.25) is 0 Å². The Balaban J connectivity index is 1.46. The van der Waals surface area contributed by atoms with E-state index in [4.69, 9.17) is 0 Å². The topological polar surface area (TPSA) is 12.0 Å². The van der Waals surface area contributed by atoms with Gasteiger partial charge in [0.1, 0.15) is 0 Å². The zero-order valence-electron chi connectivity index (χ0n) is 16.1. The number of thioether (sulfide) groups is 1. The van der Waals surface area contributed by atoms with E-state index in [1.165, 1.54) is 32.8 Å². The van der Waals surface area contributed by atoms with Gasteiger partial charge in [0.25, 0.3) is 0 Å². The number of nitrogens with one attached hydrogen (secondary N) is 1. The molecule has 3 atom stereocenters. The molecule has 3 aromatic rings. The average molecular weight is 384 g/mol. The minimum absolute atomic E-state index is 0.386. The van der Waals surface area contributed by atoms with Crippen molar-refractivity contribution in [3.05, 3.63) is 107 Å². The Kier molecular flexibility index (Phi) is 4.74. The van der Waals surface area contributed by atoms with Crippen LogP contribution in [-0.4, -0.2) is 0 Å².